The average Bonchev–Trinajstić information content (AvgIpc) is 3.87. The number of methoxy groups -OCH3 is 1. The monoisotopic (exact) mass is 599 g/mol. The molecule has 0 amide bonds. The number of aromatic nitrogens is 2. The molecule has 9 nitrogen and oxygen atoms in total. The summed E-state index contributed by atoms with van der Waals surface area (Å²) in [4.78, 5) is 41.5. The SMILES string of the molecule is COc1ccc(-c2cncnc2)c(N2CCC(COc3cccc([C@@H](CC(=O)OOC(=O)C(F)(F)F)C4CC4)c3)CC2)c1. The van der Waals surface area contributed by atoms with Gasteiger partial charge in [-0.3, -0.25) is 0 Å². The van der Waals surface area contributed by atoms with Gasteiger partial charge in [0.25, 0.3) is 0 Å². The quantitative estimate of drug-likeness (QED) is 0.208. The van der Waals surface area contributed by atoms with Crippen molar-refractivity contribution in [2.24, 2.45) is 11.8 Å². The molecule has 228 valence electrons. The molecule has 2 fully saturated rings. The molecule has 1 saturated heterocycles. The molecule has 1 atom stereocenters. The predicted molar refractivity (Wildman–Crippen MR) is 149 cm³/mol. The second-order valence-electron chi connectivity index (χ2n) is 10.8. The Morgan fingerprint density at radius 3 is 2.40 bits per heavy atom. The summed E-state index contributed by atoms with van der Waals surface area (Å²) in [5.41, 5.74) is 3.87. The van der Waals surface area contributed by atoms with Gasteiger partial charge in [-0.15, -0.1) is 0 Å². The van der Waals surface area contributed by atoms with Crippen LogP contribution in [0.5, 0.6) is 11.5 Å². The highest BCUT2D eigenvalue weighted by molar-refractivity contribution is 5.79. The number of hydrogen-bond acceptors (Lipinski definition) is 9. The van der Waals surface area contributed by atoms with Gasteiger partial charge in [0.2, 0.25) is 0 Å². The Labute approximate surface area is 246 Å². The van der Waals surface area contributed by atoms with E-state index in [0.29, 0.717) is 18.3 Å². The molecular weight excluding hydrogens is 567 g/mol. The molecule has 0 radical (unpaired) electrons. The third-order valence-corrected chi connectivity index (χ3v) is 7.82. The lowest BCUT2D eigenvalue weighted by molar-refractivity contribution is -0.286. The fourth-order valence-electron chi connectivity index (χ4n) is 5.37. The zero-order valence-corrected chi connectivity index (χ0v) is 23.6. The van der Waals surface area contributed by atoms with Crippen molar-refractivity contribution < 1.29 is 42.0 Å². The molecule has 43 heavy (non-hydrogen) atoms. The van der Waals surface area contributed by atoms with Crippen LogP contribution in [0.25, 0.3) is 11.1 Å². The van der Waals surface area contributed by atoms with Crippen molar-refractivity contribution in [1.82, 2.24) is 9.97 Å². The maximum Gasteiger partial charge on any atom is 0.495 e. The maximum absolute atomic E-state index is 12.3. The van der Waals surface area contributed by atoms with Crippen molar-refractivity contribution in [3.8, 4) is 22.6 Å². The van der Waals surface area contributed by atoms with Gasteiger partial charge in [-0.1, -0.05) is 12.1 Å². The molecule has 3 aromatic rings. The summed E-state index contributed by atoms with van der Waals surface area (Å²) < 4.78 is 48.6. The lowest BCUT2D eigenvalue weighted by Gasteiger charge is -2.35. The minimum atomic E-state index is -5.24. The summed E-state index contributed by atoms with van der Waals surface area (Å²) in [6.07, 6.45) is 3.27. The Morgan fingerprint density at radius 2 is 1.72 bits per heavy atom. The van der Waals surface area contributed by atoms with Crippen molar-refractivity contribution in [3.63, 3.8) is 0 Å². The van der Waals surface area contributed by atoms with Crippen LogP contribution in [0.15, 0.2) is 61.2 Å². The molecule has 0 N–H and O–H groups in total. The predicted octanol–water partition coefficient (Wildman–Crippen LogP) is 5.90. The van der Waals surface area contributed by atoms with E-state index in [-0.39, 0.29) is 18.3 Å². The first-order valence-electron chi connectivity index (χ1n) is 14.1. The summed E-state index contributed by atoms with van der Waals surface area (Å²) >= 11 is 0. The fourth-order valence-corrected chi connectivity index (χ4v) is 5.37. The third kappa shape index (κ3) is 7.94. The lowest BCUT2D eigenvalue weighted by atomic mass is 9.91. The number of carbonyl (C=O) groups is 2. The van der Waals surface area contributed by atoms with Crippen LogP contribution < -0.4 is 14.4 Å². The van der Waals surface area contributed by atoms with Gasteiger partial charge in [-0.05, 0) is 73.3 Å². The van der Waals surface area contributed by atoms with Crippen molar-refractivity contribution in [3.05, 3.63) is 66.7 Å². The molecule has 2 aliphatic rings. The van der Waals surface area contributed by atoms with Crippen LogP contribution in [0.2, 0.25) is 0 Å². The highest BCUT2D eigenvalue weighted by atomic mass is 19.4. The maximum atomic E-state index is 12.3. The van der Waals surface area contributed by atoms with Gasteiger partial charge in [0.05, 0.1) is 20.1 Å². The number of hydrogen-bond donors (Lipinski definition) is 0. The van der Waals surface area contributed by atoms with Gasteiger partial charge in [-0.2, -0.15) is 13.2 Å². The van der Waals surface area contributed by atoms with E-state index in [1.54, 1.807) is 19.5 Å². The molecule has 5 rings (SSSR count). The molecule has 2 aromatic carbocycles. The summed E-state index contributed by atoms with van der Waals surface area (Å²) in [6.45, 7) is 2.21. The van der Waals surface area contributed by atoms with Gasteiger partial charge in [-0.25, -0.2) is 29.3 Å². The minimum absolute atomic E-state index is 0.189. The van der Waals surface area contributed by atoms with E-state index in [4.69, 9.17) is 9.47 Å². The molecule has 12 heteroatoms. The summed E-state index contributed by atoms with van der Waals surface area (Å²) in [6, 6.07) is 13.4. The zero-order chi connectivity index (χ0) is 30.4. The second-order valence-corrected chi connectivity index (χ2v) is 10.8. The van der Waals surface area contributed by atoms with E-state index in [2.05, 4.69) is 24.6 Å². The highest BCUT2D eigenvalue weighted by Crippen LogP contribution is 2.45. The Hall–Kier alpha value is -4.35. The number of ether oxygens (including phenoxy) is 2. The topological polar surface area (TPSA) is 100 Å². The minimum Gasteiger partial charge on any atom is -0.497 e. The Morgan fingerprint density at radius 1 is 0.977 bits per heavy atom. The third-order valence-electron chi connectivity index (χ3n) is 7.82. The molecule has 0 bridgehead atoms. The molecule has 1 aromatic heterocycles. The normalized spacial score (nSPS) is 16.3. The van der Waals surface area contributed by atoms with Crippen molar-refractivity contribution in [2.45, 2.75) is 44.2 Å². The highest BCUT2D eigenvalue weighted by Gasteiger charge is 2.43. The molecule has 2 heterocycles. The van der Waals surface area contributed by atoms with E-state index in [1.165, 1.54) is 6.33 Å². The standard InChI is InChI=1S/C31H32F3N3O6/c1-40-24-7-8-26(23-16-35-19-36-17-23)28(14-24)37-11-9-20(10-12-37)18-41-25-4-2-3-22(13-25)27(21-5-6-21)15-29(38)42-43-30(39)31(32,33)34/h2-4,7-8,13-14,16-17,19-21,27H,5-6,9-12,15,18H2,1H3/t27-/m0/s1. The zero-order valence-electron chi connectivity index (χ0n) is 23.6. The summed E-state index contributed by atoms with van der Waals surface area (Å²) in [5.74, 6) is -1.93. The van der Waals surface area contributed by atoms with Crippen LogP contribution in [0, 0.1) is 11.8 Å². The average molecular weight is 600 g/mol. The van der Waals surface area contributed by atoms with Crippen LogP contribution >= 0.6 is 0 Å². The van der Waals surface area contributed by atoms with Gasteiger partial charge >= 0.3 is 18.1 Å². The Kier molecular flexibility index (Phi) is 9.32. The number of anilines is 1. The van der Waals surface area contributed by atoms with Gasteiger partial charge in [0, 0.05) is 48.4 Å². The number of nitrogens with zero attached hydrogens (tertiary/aromatic N) is 3. The number of piperidine rings is 1. The first-order valence-corrected chi connectivity index (χ1v) is 14.1. The summed E-state index contributed by atoms with van der Waals surface area (Å²) in [7, 11) is 1.65. The lowest BCUT2D eigenvalue weighted by Crippen LogP contribution is -2.35. The van der Waals surface area contributed by atoms with Crippen molar-refractivity contribution in [1.29, 1.82) is 0 Å². The van der Waals surface area contributed by atoms with Crippen LogP contribution in [-0.2, 0) is 19.4 Å². The number of carbonyl (C=O) groups excluding carboxylic acids is 2. The first-order chi connectivity index (χ1) is 20.7. The molecular formula is C31H32F3N3O6. The van der Waals surface area contributed by atoms with Crippen LogP contribution in [0.4, 0.5) is 18.9 Å². The molecule has 1 saturated carbocycles. The Bertz CT molecular complexity index is 1410. The second kappa shape index (κ2) is 13.3. The van der Waals surface area contributed by atoms with Gasteiger partial charge in [0.1, 0.15) is 17.8 Å². The number of rotatable bonds is 10. The molecule has 1 aliphatic carbocycles. The smallest absolute Gasteiger partial charge is 0.495 e. The molecule has 0 unspecified atom stereocenters. The largest absolute Gasteiger partial charge is 0.497 e. The van der Waals surface area contributed by atoms with Crippen LogP contribution in [0.1, 0.15) is 43.6 Å². The van der Waals surface area contributed by atoms with E-state index < -0.39 is 18.1 Å². The van der Waals surface area contributed by atoms with E-state index in [0.717, 1.165) is 66.9 Å². The van der Waals surface area contributed by atoms with E-state index in [9.17, 15) is 22.8 Å². The van der Waals surface area contributed by atoms with E-state index in [1.807, 2.05) is 42.5 Å². The van der Waals surface area contributed by atoms with Crippen LogP contribution in [0.3, 0.4) is 0 Å². The first kappa shape index (κ1) is 30.1. The van der Waals surface area contributed by atoms with Gasteiger partial charge < -0.3 is 14.4 Å². The molecule has 1 aliphatic heterocycles. The van der Waals surface area contributed by atoms with Crippen LogP contribution in [-0.4, -0.2) is 54.9 Å². The Balaban J connectivity index is 1.16. The number of benzene rings is 2. The summed E-state index contributed by atoms with van der Waals surface area (Å²) in [5, 5.41) is 0. The van der Waals surface area contributed by atoms with Gasteiger partial charge in [0.15, 0.2) is 0 Å². The van der Waals surface area contributed by atoms with Crippen molar-refractivity contribution >= 4 is 17.6 Å². The molecule has 0 spiro atoms. The number of halogens is 3. The van der Waals surface area contributed by atoms with Crippen molar-refractivity contribution in [2.75, 3.05) is 31.7 Å². The number of alkyl halides is 3. The van der Waals surface area contributed by atoms with E-state index >= 15 is 0 Å². The fraction of sp³-hybridized carbons (Fsp3) is 0.419.